The standard InChI is InChI=1S/C21H11F3N2O3/c22-21(23,24)11-7-5-10(6-8-11)15-14(9-25)20(26)29-19-16(15)17(27)12-3-1-2-4-13(12)18(19)28/h1-8,15H,26H2/t15-/m0/s1. The number of hydrogen-bond donors (Lipinski definition) is 1. The summed E-state index contributed by atoms with van der Waals surface area (Å²) in [6.45, 7) is 0. The van der Waals surface area contributed by atoms with Gasteiger partial charge in [-0.1, -0.05) is 36.4 Å². The molecule has 0 bridgehead atoms. The van der Waals surface area contributed by atoms with Gasteiger partial charge >= 0.3 is 6.18 Å². The zero-order valence-corrected chi connectivity index (χ0v) is 14.6. The molecule has 2 aliphatic rings. The molecule has 4 rings (SSSR count). The van der Waals surface area contributed by atoms with Crippen LogP contribution in [0.25, 0.3) is 0 Å². The van der Waals surface area contributed by atoms with Gasteiger partial charge < -0.3 is 10.5 Å². The molecule has 0 amide bonds. The number of nitrogens with two attached hydrogens (primary N) is 1. The molecule has 2 aromatic rings. The molecular formula is C21H11F3N2O3. The number of nitriles is 1. The second-order valence-electron chi connectivity index (χ2n) is 6.49. The van der Waals surface area contributed by atoms with Gasteiger partial charge in [0.25, 0.3) is 0 Å². The van der Waals surface area contributed by atoms with Gasteiger partial charge in [-0.25, -0.2) is 0 Å². The average molecular weight is 396 g/mol. The number of halogens is 3. The number of ketones is 2. The number of fused-ring (bicyclic) bond motifs is 1. The number of alkyl halides is 3. The molecule has 0 saturated heterocycles. The highest BCUT2D eigenvalue weighted by molar-refractivity contribution is 6.27. The number of carbonyl (C=O) groups is 2. The van der Waals surface area contributed by atoms with E-state index in [1.807, 2.05) is 6.07 Å². The number of nitrogens with zero attached hydrogens (tertiary/aromatic N) is 1. The Labute approximate surface area is 162 Å². The topological polar surface area (TPSA) is 93.2 Å². The first-order valence-electron chi connectivity index (χ1n) is 8.41. The number of hydrogen-bond acceptors (Lipinski definition) is 5. The molecule has 144 valence electrons. The molecule has 2 aromatic carbocycles. The molecule has 1 aliphatic heterocycles. The van der Waals surface area contributed by atoms with Gasteiger partial charge in [-0.2, -0.15) is 18.4 Å². The SMILES string of the molecule is N#CC1=C(N)OC2=C(C(=O)c3ccccc3C2=O)[C@H]1c1ccc(C(F)(F)F)cc1. The van der Waals surface area contributed by atoms with Crippen LogP contribution in [0.3, 0.4) is 0 Å². The van der Waals surface area contributed by atoms with Crippen molar-refractivity contribution in [1.29, 1.82) is 5.26 Å². The van der Waals surface area contributed by atoms with E-state index in [0.717, 1.165) is 24.3 Å². The summed E-state index contributed by atoms with van der Waals surface area (Å²) in [4.78, 5) is 26.0. The fourth-order valence-corrected chi connectivity index (χ4v) is 3.50. The molecule has 0 radical (unpaired) electrons. The van der Waals surface area contributed by atoms with Crippen LogP contribution in [0.4, 0.5) is 13.2 Å². The molecule has 8 heteroatoms. The van der Waals surface area contributed by atoms with Gasteiger partial charge in [0, 0.05) is 11.1 Å². The summed E-state index contributed by atoms with van der Waals surface area (Å²) >= 11 is 0. The van der Waals surface area contributed by atoms with E-state index in [1.165, 1.54) is 12.1 Å². The number of allylic oxidation sites excluding steroid dienone is 3. The van der Waals surface area contributed by atoms with Crippen LogP contribution in [-0.2, 0) is 10.9 Å². The maximum Gasteiger partial charge on any atom is 0.416 e. The van der Waals surface area contributed by atoms with Gasteiger partial charge in [0.1, 0.15) is 11.6 Å². The summed E-state index contributed by atoms with van der Waals surface area (Å²) in [5.74, 6) is -2.91. The third kappa shape index (κ3) is 2.79. The highest BCUT2D eigenvalue weighted by atomic mass is 19.4. The van der Waals surface area contributed by atoms with Crippen molar-refractivity contribution in [3.05, 3.63) is 93.6 Å². The summed E-state index contributed by atoms with van der Waals surface area (Å²) in [7, 11) is 0. The van der Waals surface area contributed by atoms with E-state index in [9.17, 15) is 28.0 Å². The van der Waals surface area contributed by atoms with Crippen molar-refractivity contribution in [2.24, 2.45) is 5.73 Å². The van der Waals surface area contributed by atoms with Crippen molar-refractivity contribution in [3.63, 3.8) is 0 Å². The van der Waals surface area contributed by atoms with E-state index in [4.69, 9.17) is 10.5 Å². The molecule has 1 heterocycles. The van der Waals surface area contributed by atoms with Crippen LogP contribution in [0, 0.1) is 11.3 Å². The lowest BCUT2D eigenvalue weighted by molar-refractivity contribution is -0.137. The molecule has 0 fully saturated rings. The summed E-state index contributed by atoms with van der Waals surface area (Å²) in [6, 6.07) is 12.0. The quantitative estimate of drug-likeness (QED) is 0.790. The molecule has 0 unspecified atom stereocenters. The second-order valence-corrected chi connectivity index (χ2v) is 6.49. The van der Waals surface area contributed by atoms with Crippen molar-refractivity contribution in [2.75, 3.05) is 0 Å². The van der Waals surface area contributed by atoms with Crippen molar-refractivity contribution in [2.45, 2.75) is 12.1 Å². The normalized spacial score (nSPS) is 18.8. The minimum Gasteiger partial charge on any atom is -0.436 e. The third-order valence-electron chi connectivity index (χ3n) is 4.86. The fraction of sp³-hybridized carbons (Fsp3) is 0.0952. The Kier molecular flexibility index (Phi) is 4.05. The van der Waals surface area contributed by atoms with Crippen LogP contribution >= 0.6 is 0 Å². The first-order valence-corrected chi connectivity index (χ1v) is 8.41. The summed E-state index contributed by atoms with van der Waals surface area (Å²) in [6.07, 6.45) is -4.54. The molecule has 1 aliphatic carbocycles. The molecule has 1 atom stereocenters. The van der Waals surface area contributed by atoms with Gasteiger partial charge in [0.2, 0.25) is 11.7 Å². The smallest absolute Gasteiger partial charge is 0.416 e. The number of carbonyl (C=O) groups excluding carboxylic acids is 2. The Bertz CT molecular complexity index is 1170. The van der Waals surface area contributed by atoms with Crippen molar-refractivity contribution >= 4 is 11.6 Å². The first-order chi connectivity index (χ1) is 13.7. The van der Waals surface area contributed by atoms with Crippen LogP contribution < -0.4 is 5.73 Å². The number of ether oxygens (including phenoxy) is 1. The molecule has 0 saturated carbocycles. The number of Topliss-reactive ketones (excluding diaryl/α,β-unsaturated/α-hetero) is 2. The highest BCUT2D eigenvalue weighted by Crippen LogP contribution is 2.44. The molecule has 2 N–H and O–H groups in total. The lowest BCUT2D eigenvalue weighted by atomic mass is 9.75. The van der Waals surface area contributed by atoms with Crippen LogP contribution in [-0.4, -0.2) is 11.6 Å². The first kappa shape index (κ1) is 18.5. The van der Waals surface area contributed by atoms with Gasteiger partial charge in [-0.3, -0.25) is 9.59 Å². The summed E-state index contributed by atoms with van der Waals surface area (Å²) in [5, 5.41) is 9.55. The molecule has 29 heavy (non-hydrogen) atoms. The molecular weight excluding hydrogens is 385 g/mol. The van der Waals surface area contributed by atoms with Crippen LogP contribution in [0.1, 0.15) is 37.8 Å². The van der Waals surface area contributed by atoms with Crippen LogP contribution in [0.15, 0.2) is 71.3 Å². The zero-order chi connectivity index (χ0) is 20.9. The fourth-order valence-electron chi connectivity index (χ4n) is 3.50. The lowest BCUT2D eigenvalue weighted by Crippen LogP contribution is -2.32. The van der Waals surface area contributed by atoms with Crippen molar-refractivity contribution in [3.8, 4) is 6.07 Å². The van der Waals surface area contributed by atoms with Crippen LogP contribution in [0.5, 0.6) is 0 Å². The van der Waals surface area contributed by atoms with E-state index < -0.39 is 29.2 Å². The van der Waals surface area contributed by atoms with Crippen molar-refractivity contribution in [1.82, 2.24) is 0 Å². The van der Waals surface area contributed by atoms with E-state index in [-0.39, 0.29) is 39.5 Å². The molecule has 0 aromatic heterocycles. The minimum atomic E-state index is -4.54. The highest BCUT2D eigenvalue weighted by Gasteiger charge is 2.43. The monoisotopic (exact) mass is 396 g/mol. The Morgan fingerprint density at radius 1 is 0.966 bits per heavy atom. The van der Waals surface area contributed by atoms with Gasteiger partial charge in [0.05, 0.1) is 17.1 Å². The third-order valence-corrected chi connectivity index (χ3v) is 4.86. The Hall–Kier alpha value is -3.86. The Balaban J connectivity index is 1.91. The predicted molar refractivity (Wildman–Crippen MR) is 94.2 cm³/mol. The number of rotatable bonds is 1. The Morgan fingerprint density at radius 3 is 2.10 bits per heavy atom. The van der Waals surface area contributed by atoms with Crippen molar-refractivity contribution < 1.29 is 27.5 Å². The van der Waals surface area contributed by atoms with E-state index in [0.29, 0.717) is 0 Å². The molecule has 5 nitrogen and oxygen atoms in total. The van der Waals surface area contributed by atoms with E-state index >= 15 is 0 Å². The van der Waals surface area contributed by atoms with E-state index in [1.54, 1.807) is 12.1 Å². The molecule has 0 spiro atoms. The van der Waals surface area contributed by atoms with Gasteiger partial charge in [-0.15, -0.1) is 0 Å². The van der Waals surface area contributed by atoms with Gasteiger partial charge in [0.15, 0.2) is 11.5 Å². The summed E-state index contributed by atoms with van der Waals surface area (Å²) < 4.78 is 44.0. The Morgan fingerprint density at radius 2 is 1.55 bits per heavy atom. The van der Waals surface area contributed by atoms with Gasteiger partial charge in [-0.05, 0) is 17.7 Å². The average Bonchev–Trinajstić information content (AvgIpc) is 2.70. The second kappa shape index (κ2) is 6.34. The maximum atomic E-state index is 13.1. The van der Waals surface area contributed by atoms with Crippen LogP contribution in [0.2, 0.25) is 0 Å². The maximum absolute atomic E-state index is 13.1. The largest absolute Gasteiger partial charge is 0.436 e. The van der Waals surface area contributed by atoms with E-state index in [2.05, 4.69) is 0 Å². The zero-order valence-electron chi connectivity index (χ0n) is 14.6. The predicted octanol–water partition coefficient (Wildman–Crippen LogP) is 3.85. The summed E-state index contributed by atoms with van der Waals surface area (Å²) in [5.41, 5.74) is 5.15. The number of benzene rings is 2. The minimum absolute atomic E-state index is 0.112. The lowest BCUT2D eigenvalue weighted by Gasteiger charge is -2.31.